The maximum Gasteiger partial charge on any atom is 0.342 e. The molecule has 1 atom stereocenters. The molecule has 0 spiro atoms. The number of benzene rings is 4. The van der Waals surface area contributed by atoms with Crippen molar-refractivity contribution in [3.05, 3.63) is 112 Å². The number of hydrogen-bond donors (Lipinski definition) is 1. The molecule has 4 heteroatoms. The van der Waals surface area contributed by atoms with Gasteiger partial charge in [-0.25, -0.2) is 4.79 Å². The standard InChI is InChI=1S/C32H30N2O2/c1-3-19-34(20-4-2)23-16-13-22(14-17-23)28-29-24-10-6-5-9-21(24)15-18-26(29)33-31-25-11-7-8-12-27(25)36-32(35)30(28)31/h5-18,28,33H,3-4,19-20H2,1-2H3. The van der Waals surface area contributed by atoms with Crippen molar-refractivity contribution in [2.45, 2.75) is 32.6 Å². The maximum absolute atomic E-state index is 13.5. The molecule has 0 saturated carbocycles. The van der Waals surface area contributed by atoms with Gasteiger partial charge in [0.25, 0.3) is 0 Å². The second-order valence-corrected chi connectivity index (χ2v) is 9.56. The summed E-state index contributed by atoms with van der Waals surface area (Å²) in [6, 6.07) is 29.2. The molecule has 180 valence electrons. The minimum absolute atomic E-state index is 0.233. The van der Waals surface area contributed by atoms with Crippen molar-refractivity contribution in [2.24, 2.45) is 0 Å². The zero-order valence-corrected chi connectivity index (χ0v) is 20.8. The normalized spacial score (nSPS) is 14.3. The summed E-state index contributed by atoms with van der Waals surface area (Å²) in [6.07, 6.45) is 2.22. The Balaban J connectivity index is 1.59. The van der Waals surface area contributed by atoms with Gasteiger partial charge in [0.15, 0.2) is 0 Å². The first-order valence-corrected chi connectivity index (χ1v) is 12.9. The minimum Gasteiger partial charge on any atom is -0.422 e. The number of para-hydroxylation sites is 1. The van der Waals surface area contributed by atoms with E-state index < -0.39 is 0 Å². The van der Waals surface area contributed by atoms with E-state index in [0.29, 0.717) is 11.1 Å². The first kappa shape index (κ1) is 22.4. The first-order chi connectivity index (χ1) is 17.7. The molecule has 0 saturated heterocycles. The van der Waals surface area contributed by atoms with Crippen LogP contribution in [0.5, 0.6) is 0 Å². The average Bonchev–Trinajstić information content (AvgIpc) is 2.92. The van der Waals surface area contributed by atoms with Gasteiger partial charge >= 0.3 is 5.63 Å². The smallest absolute Gasteiger partial charge is 0.342 e. The molecular formula is C32H30N2O2. The molecule has 36 heavy (non-hydrogen) atoms. The fourth-order valence-corrected chi connectivity index (χ4v) is 5.68. The zero-order valence-electron chi connectivity index (χ0n) is 20.8. The van der Waals surface area contributed by atoms with E-state index in [1.54, 1.807) is 0 Å². The summed E-state index contributed by atoms with van der Waals surface area (Å²) in [5.41, 5.74) is 6.29. The molecule has 1 aliphatic rings. The van der Waals surface area contributed by atoms with Crippen LogP contribution in [-0.2, 0) is 0 Å². The van der Waals surface area contributed by atoms with Gasteiger partial charge in [0, 0.05) is 35.8 Å². The van der Waals surface area contributed by atoms with Gasteiger partial charge in [0.2, 0.25) is 0 Å². The van der Waals surface area contributed by atoms with Crippen LogP contribution in [0.2, 0.25) is 0 Å². The van der Waals surface area contributed by atoms with Crippen LogP contribution in [0.3, 0.4) is 0 Å². The first-order valence-electron chi connectivity index (χ1n) is 12.9. The lowest BCUT2D eigenvalue weighted by molar-refractivity contribution is 0.549. The van der Waals surface area contributed by atoms with Gasteiger partial charge in [-0.3, -0.25) is 0 Å². The Kier molecular flexibility index (Phi) is 5.73. The van der Waals surface area contributed by atoms with Crippen LogP contribution >= 0.6 is 0 Å². The molecule has 2 heterocycles. The highest BCUT2D eigenvalue weighted by molar-refractivity contribution is 6.00. The summed E-state index contributed by atoms with van der Waals surface area (Å²) in [6.45, 7) is 6.50. The Bertz CT molecular complexity index is 1610. The zero-order chi connectivity index (χ0) is 24.6. The van der Waals surface area contributed by atoms with Gasteiger partial charge in [0.05, 0.1) is 11.3 Å². The molecule has 0 fully saturated rings. The second kappa shape index (κ2) is 9.19. The summed E-state index contributed by atoms with van der Waals surface area (Å²) in [5, 5.41) is 6.84. The second-order valence-electron chi connectivity index (χ2n) is 9.56. The van der Waals surface area contributed by atoms with Crippen LogP contribution in [-0.4, -0.2) is 13.1 Å². The Hall–Kier alpha value is -4.05. The van der Waals surface area contributed by atoms with Crippen molar-refractivity contribution in [1.82, 2.24) is 0 Å². The fraction of sp³-hybridized carbons (Fsp3) is 0.219. The van der Waals surface area contributed by atoms with Crippen molar-refractivity contribution in [2.75, 3.05) is 23.3 Å². The van der Waals surface area contributed by atoms with Crippen LogP contribution in [0, 0.1) is 0 Å². The largest absolute Gasteiger partial charge is 0.422 e. The van der Waals surface area contributed by atoms with Gasteiger partial charge < -0.3 is 14.6 Å². The molecule has 6 rings (SSSR count). The van der Waals surface area contributed by atoms with E-state index in [-0.39, 0.29) is 11.5 Å². The summed E-state index contributed by atoms with van der Waals surface area (Å²) in [4.78, 5) is 16.0. The Morgan fingerprint density at radius 2 is 1.47 bits per heavy atom. The number of hydrogen-bond acceptors (Lipinski definition) is 4. The summed E-state index contributed by atoms with van der Waals surface area (Å²) in [5.74, 6) is -0.233. The Labute approximate surface area is 211 Å². The lowest BCUT2D eigenvalue weighted by atomic mass is 9.79. The lowest BCUT2D eigenvalue weighted by Crippen LogP contribution is -2.25. The molecule has 0 radical (unpaired) electrons. The number of nitrogens with one attached hydrogen (secondary N) is 1. The van der Waals surface area contributed by atoms with Gasteiger partial charge in [-0.2, -0.15) is 0 Å². The number of rotatable bonds is 6. The minimum atomic E-state index is -0.289. The van der Waals surface area contributed by atoms with Gasteiger partial charge in [-0.1, -0.05) is 68.4 Å². The number of nitrogens with zero attached hydrogens (tertiary/aromatic N) is 1. The molecule has 1 unspecified atom stereocenters. The monoisotopic (exact) mass is 474 g/mol. The molecule has 4 nitrogen and oxygen atoms in total. The topological polar surface area (TPSA) is 45.5 Å². The predicted octanol–water partition coefficient (Wildman–Crippen LogP) is 7.81. The molecule has 5 aromatic rings. The Morgan fingerprint density at radius 1 is 0.778 bits per heavy atom. The highest BCUT2D eigenvalue weighted by Crippen LogP contribution is 2.48. The van der Waals surface area contributed by atoms with Crippen molar-refractivity contribution >= 4 is 38.8 Å². The maximum atomic E-state index is 13.5. The third-order valence-corrected chi connectivity index (χ3v) is 7.23. The van der Waals surface area contributed by atoms with E-state index in [2.05, 4.69) is 84.7 Å². The number of anilines is 3. The van der Waals surface area contributed by atoms with Crippen molar-refractivity contribution in [1.29, 1.82) is 0 Å². The summed E-state index contributed by atoms with van der Waals surface area (Å²) in [7, 11) is 0. The van der Waals surface area contributed by atoms with E-state index >= 15 is 0 Å². The van der Waals surface area contributed by atoms with E-state index in [4.69, 9.17) is 4.42 Å². The number of fused-ring (bicyclic) bond motifs is 6. The summed E-state index contributed by atoms with van der Waals surface area (Å²) < 4.78 is 5.86. The van der Waals surface area contributed by atoms with Crippen LogP contribution in [0.1, 0.15) is 49.3 Å². The molecule has 4 aromatic carbocycles. The SMILES string of the molecule is CCCN(CCC)c1ccc(C2c3c(c4ccccc4oc3=O)Nc3ccc4ccccc4c32)cc1. The van der Waals surface area contributed by atoms with Crippen molar-refractivity contribution in [3.8, 4) is 0 Å². The molecule has 0 bridgehead atoms. The molecule has 0 aliphatic carbocycles. The third-order valence-electron chi connectivity index (χ3n) is 7.23. The van der Waals surface area contributed by atoms with E-state index in [9.17, 15) is 4.79 Å². The molecule has 1 N–H and O–H groups in total. The third kappa shape index (κ3) is 3.65. The Morgan fingerprint density at radius 3 is 2.22 bits per heavy atom. The predicted molar refractivity (Wildman–Crippen MR) is 150 cm³/mol. The van der Waals surface area contributed by atoms with Crippen LogP contribution < -0.4 is 15.8 Å². The average molecular weight is 475 g/mol. The molecule has 1 aromatic heterocycles. The molecule has 0 amide bonds. The molecular weight excluding hydrogens is 444 g/mol. The van der Waals surface area contributed by atoms with Crippen LogP contribution in [0.15, 0.2) is 94.1 Å². The highest BCUT2D eigenvalue weighted by atomic mass is 16.4. The van der Waals surface area contributed by atoms with Crippen molar-refractivity contribution < 1.29 is 4.42 Å². The van der Waals surface area contributed by atoms with Gasteiger partial charge in [-0.15, -0.1) is 0 Å². The quantitative estimate of drug-likeness (QED) is 0.250. The van der Waals surface area contributed by atoms with E-state index in [0.717, 1.165) is 64.6 Å². The fourth-order valence-electron chi connectivity index (χ4n) is 5.68. The lowest BCUT2D eigenvalue weighted by Gasteiger charge is -2.31. The van der Waals surface area contributed by atoms with Gasteiger partial charge in [0.1, 0.15) is 5.58 Å². The highest BCUT2D eigenvalue weighted by Gasteiger charge is 2.33. The van der Waals surface area contributed by atoms with Crippen molar-refractivity contribution in [3.63, 3.8) is 0 Å². The van der Waals surface area contributed by atoms with Crippen LogP contribution in [0.25, 0.3) is 21.7 Å². The van der Waals surface area contributed by atoms with E-state index in [1.165, 1.54) is 5.69 Å². The van der Waals surface area contributed by atoms with Gasteiger partial charge in [-0.05, 0) is 65.1 Å². The molecule has 1 aliphatic heterocycles. The van der Waals surface area contributed by atoms with Crippen LogP contribution in [0.4, 0.5) is 17.1 Å². The summed E-state index contributed by atoms with van der Waals surface area (Å²) >= 11 is 0. The van der Waals surface area contributed by atoms with E-state index in [1.807, 2.05) is 24.3 Å².